The first kappa shape index (κ1) is 13.4. The molecule has 2 nitrogen and oxygen atoms in total. The Morgan fingerprint density at radius 2 is 1.89 bits per heavy atom. The molecule has 0 saturated heterocycles. The summed E-state index contributed by atoms with van der Waals surface area (Å²) < 4.78 is 0.846. The summed E-state index contributed by atoms with van der Waals surface area (Å²) in [5.74, 6) is 0. The van der Waals surface area contributed by atoms with Crippen LogP contribution in [0.4, 0.5) is 5.69 Å². The highest BCUT2D eigenvalue weighted by Crippen LogP contribution is 2.26. The largest absolute Gasteiger partial charge is 0.399 e. The van der Waals surface area contributed by atoms with E-state index in [0.717, 1.165) is 16.6 Å². The molecule has 2 aromatic rings. The summed E-state index contributed by atoms with van der Waals surface area (Å²) in [7, 11) is 2.12. The zero-order valence-electron chi connectivity index (χ0n) is 10.6. The van der Waals surface area contributed by atoms with Crippen LogP contribution in [0.3, 0.4) is 0 Å². The van der Waals surface area contributed by atoms with Crippen LogP contribution in [0, 0.1) is 0 Å². The molecule has 0 fully saturated rings. The highest BCUT2D eigenvalue weighted by Gasteiger charge is 2.12. The minimum atomic E-state index is 0.353. The van der Waals surface area contributed by atoms with Gasteiger partial charge in [0.1, 0.15) is 0 Å². The Morgan fingerprint density at radius 3 is 2.44 bits per heavy atom. The van der Waals surface area contributed by atoms with Crippen LogP contribution in [0.2, 0.25) is 4.34 Å². The van der Waals surface area contributed by atoms with Gasteiger partial charge in [0, 0.05) is 23.2 Å². The molecular formula is C14H17ClN2S. The number of nitrogens with zero attached hydrogens (tertiary/aromatic N) is 1. The van der Waals surface area contributed by atoms with Crippen LogP contribution in [0.25, 0.3) is 0 Å². The van der Waals surface area contributed by atoms with E-state index >= 15 is 0 Å². The highest BCUT2D eigenvalue weighted by atomic mass is 35.5. The summed E-state index contributed by atoms with van der Waals surface area (Å²) in [6.45, 7) is 3.10. The van der Waals surface area contributed by atoms with Crippen molar-refractivity contribution in [3.8, 4) is 0 Å². The predicted molar refractivity (Wildman–Crippen MR) is 80.1 cm³/mol. The Balaban J connectivity index is 2.04. The molecule has 0 saturated carbocycles. The van der Waals surface area contributed by atoms with Crippen molar-refractivity contribution in [2.45, 2.75) is 19.5 Å². The van der Waals surface area contributed by atoms with E-state index in [1.807, 2.05) is 18.2 Å². The number of hydrogen-bond acceptors (Lipinski definition) is 3. The Hall–Kier alpha value is -1.03. The van der Waals surface area contributed by atoms with Crippen molar-refractivity contribution in [3.05, 3.63) is 51.2 Å². The Labute approximate surface area is 117 Å². The van der Waals surface area contributed by atoms with Crippen LogP contribution in [0.5, 0.6) is 0 Å². The maximum atomic E-state index is 5.94. The van der Waals surface area contributed by atoms with Gasteiger partial charge in [0.05, 0.1) is 4.34 Å². The molecule has 0 aliphatic carbocycles. The fourth-order valence-corrected chi connectivity index (χ4v) is 3.00. The van der Waals surface area contributed by atoms with Gasteiger partial charge in [-0.15, -0.1) is 11.3 Å². The van der Waals surface area contributed by atoms with Crippen molar-refractivity contribution in [2.75, 3.05) is 12.8 Å². The fraction of sp³-hybridized carbons (Fsp3) is 0.286. The molecule has 96 valence electrons. The second kappa shape index (κ2) is 5.74. The average Bonchev–Trinajstić information content (AvgIpc) is 2.75. The van der Waals surface area contributed by atoms with Crippen molar-refractivity contribution in [3.63, 3.8) is 0 Å². The molecule has 0 aliphatic heterocycles. The number of benzene rings is 1. The number of rotatable bonds is 4. The number of thiophene rings is 1. The topological polar surface area (TPSA) is 29.3 Å². The zero-order valence-corrected chi connectivity index (χ0v) is 12.1. The van der Waals surface area contributed by atoms with Gasteiger partial charge in [0.2, 0.25) is 0 Å². The lowest BCUT2D eigenvalue weighted by molar-refractivity contribution is 0.255. The number of nitrogen functional groups attached to an aromatic ring is 1. The molecule has 0 radical (unpaired) electrons. The molecule has 1 unspecified atom stereocenters. The quantitative estimate of drug-likeness (QED) is 0.852. The van der Waals surface area contributed by atoms with Crippen molar-refractivity contribution in [1.29, 1.82) is 0 Å². The summed E-state index contributed by atoms with van der Waals surface area (Å²) in [6, 6.07) is 12.4. The molecule has 0 amide bonds. The molecule has 0 bridgehead atoms. The van der Waals surface area contributed by atoms with Gasteiger partial charge in [-0.3, -0.25) is 4.90 Å². The maximum Gasteiger partial charge on any atom is 0.0931 e. The SMILES string of the molecule is CC(c1ccc(N)cc1)N(C)Cc1ccc(Cl)s1. The molecule has 2 N–H and O–H groups in total. The summed E-state index contributed by atoms with van der Waals surface area (Å²) >= 11 is 7.58. The van der Waals surface area contributed by atoms with Crippen molar-refractivity contribution >= 4 is 28.6 Å². The summed E-state index contributed by atoms with van der Waals surface area (Å²) in [5, 5.41) is 0. The Bertz CT molecular complexity index is 507. The smallest absolute Gasteiger partial charge is 0.0931 e. The second-order valence-corrected chi connectivity index (χ2v) is 6.26. The molecule has 2 rings (SSSR count). The van der Waals surface area contributed by atoms with Gasteiger partial charge in [0.25, 0.3) is 0 Å². The molecule has 0 aliphatic rings. The lowest BCUT2D eigenvalue weighted by Crippen LogP contribution is -2.21. The van der Waals surface area contributed by atoms with Gasteiger partial charge >= 0.3 is 0 Å². The zero-order chi connectivity index (χ0) is 13.1. The van der Waals surface area contributed by atoms with Gasteiger partial charge in [-0.25, -0.2) is 0 Å². The summed E-state index contributed by atoms with van der Waals surface area (Å²) in [4.78, 5) is 3.58. The van der Waals surface area contributed by atoms with Crippen LogP contribution >= 0.6 is 22.9 Å². The molecule has 18 heavy (non-hydrogen) atoms. The standard InChI is InChI=1S/C14H17ClN2S/c1-10(11-3-5-12(16)6-4-11)17(2)9-13-7-8-14(15)18-13/h3-8,10H,9,16H2,1-2H3. The van der Waals surface area contributed by atoms with Gasteiger partial charge in [-0.1, -0.05) is 23.7 Å². The number of halogens is 1. The fourth-order valence-electron chi connectivity index (χ4n) is 1.85. The van der Waals surface area contributed by atoms with E-state index in [-0.39, 0.29) is 0 Å². The van der Waals surface area contributed by atoms with Crippen LogP contribution in [0.15, 0.2) is 36.4 Å². The first-order valence-corrected chi connectivity index (χ1v) is 7.05. The molecule has 1 aromatic carbocycles. The molecule has 4 heteroatoms. The summed E-state index contributed by atoms with van der Waals surface area (Å²) in [5.41, 5.74) is 7.78. The van der Waals surface area contributed by atoms with Crippen molar-refractivity contribution in [1.82, 2.24) is 4.90 Å². The van der Waals surface area contributed by atoms with E-state index in [9.17, 15) is 0 Å². The minimum Gasteiger partial charge on any atom is -0.399 e. The van der Waals surface area contributed by atoms with E-state index in [1.54, 1.807) is 11.3 Å². The number of anilines is 1. The minimum absolute atomic E-state index is 0.353. The lowest BCUT2D eigenvalue weighted by atomic mass is 10.1. The van der Waals surface area contributed by atoms with Crippen LogP contribution in [0.1, 0.15) is 23.4 Å². The van der Waals surface area contributed by atoms with Crippen LogP contribution < -0.4 is 5.73 Å². The van der Waals surface area contributed by atoms with Gasteiger partial charge in [-0.05, 0) is 43.8 Å². The number of hydrogen-bond donors (Lipinski definition) is 1. The normalized spacial score (nSPS) is 12.9. The average molecular weight is 281 g/mol. The van der Waals surface area contributed by atoms with Gasteiger partial charge in [-0.2, -0.15) is 0 Å². The molecular weight excluding hydrogens is 264 g/mol. The van der Waals surface area contributed by atoms with Crippen molar-refractivity contribution in [2.24, 2.45) is 0 Å². The lowest BCUT2D eigenvalue weighted by Gasteiger charge is -2.24. The third-order valence-corrected chi connectivity index (χ3v) is 4.33. The van der Waals surface area contributed by atoms with Crippen LogP contribution in [-0.2, 0) is 6.54 Å². The van der Waals surface area contributed by atoms with Gasteiger partial charge < -0.3 is 5.73 Å². The molecule has 1 atom stereocenters. The first-order valence-electron chi connectivity index (χ1n) is 5.86. The Morgan fingerprint density at radius 1 is 1.22 bits per heavy atom. The number of nitrogens with two attached hydrogens (primary N) is 1. The molecule has 1 aromatic heterocycles. The molecule has 0 spiro atoms. The monoisotopic (exact) mass is 280 g/mol. The molecule has 1 heterocycles. The maximum absolute atomic E-state index is 5.94. The van der Waals surface area contributed by atoms with Gasteiger partial charge in [0.15, 0.2) is 0 Å². The van der Waals surface area contributed by atoms with E-state index < -0.39 is 0 Å². The van der Waals surface area contributed by atoms with Crippen molar-refractivity contribution < 1.29 is 0 Å². The summed E-state index contributed by atoms with van der Waals surface area (Å²) in [6.07, 6.45) is 0. The second-order valence-electron chi connectivity index (χ2n) is 4.46. The third kappa shape index (κ3) is 3.25. The van der Waals surface area contributed by atoms with E-state index in [1.165, 1.54) is 10.4 Å². The van der Waals surface area contributed by atoms with E-state index in [0.29, 0.717) is 6.04 Å². The van der Waals surface area contributed by atoms with E-state index in [2.05, 4.69) is 37.1 Å². The highest BCUT2D eigenvalue weighted by molar-refractivity contribution is 7.16. The third-order valence-electron chi connectivity index (χ3n) is 3.11. The Kier molecular flexibility index (Phi) is 4.27. The predicted octanol–water partition coefficient (Wildman–Crippen LogP) is 4.18. The van der Waals surface area contributed by atoms with Crippen LogP contribution in [-0.4, -0.2) is 11.9 Å². The van der Waals surface area contributed by atoms with E-state index in [4.69, 9.17) is 17.3 Å². The first-order chi connectivity index (χ1) is 8.56.